The number of carbonyl (C=O) groups is 1. The van der Waals surface area contributed by atoms with Gasteiger partial charge in [-0.2, -0.15) is 5.10 Å². The predicted molar refractivity (Wildman–Crippen MR) is 124 cm³/mol. The minimum absolute atomic E-state index is 0.0743. The van der Waals surface area contributed by atoms with Crippen LogP contribution in [0.15, 0.2) is 77.9 Å². The average molecular weight is 454 g/mol. The first-order valence-corrected chi connectivity index (χ1v) is 11.5. The predicted octanol–water partition coefficient (Wildman–Crippen LogP) is 3.13. The van der Waals surface area contributed by atoms with Gasteiger partial charge in [0.05, 0.1) is 37.4 Å². The number of hydrogen-bond donors (Lipinski definition) is 2. The van der Waals surface area contributed by atoms with Crippen LogP contribution in [0.4, 0.5) is 5.69 Å². The SMILES string of the molecule is COc1cccc(/C=N/NC(=O)c2ccccc2N(Cc2ccccc2)S(C)(=O)=O)c1O. The number of amides is 1. The largest absolute Gasteiger partial charge is 0.504 e. The van der Waals surface area contributed by atoms with Crippen LogP contribution < -0.4 is 14.5 Å². The molecule has 0 spiro atoms. The summed E-state index contributed by atoms with van der Waals surface area (Å²) in [7, 11) is -2.25. The molecule has 0 atom stereocenters. The molecule has 0 aliphatic rings. The number of para-hydroxylation sites is 2. The topological polar surface area (TPSA) is 108 Å². The van der Waals surface area contributed by atoms with Gasteiger partial charge in [-0.3, -0.25) is 9.10 Å². The van der Waals surface area contributed by atoms with Gasteiger partial charge in [-0.15, -0.1) is 0 Å². The highest BCUT2D eigenvalue weighted by Gasteiger charge is 2.23. The molecular formula is C23H23N3O5S. The molecule has 0 saturated heterocycles. The van der Waals surface area contributed by atoms with Crippen LogP contribution in [0.1, 0.15) is 21.5 Å². The van der Waals surface area contributed by atoms with Crippen LogP contribution in [-0.4, -0.2) is 39.0 Å². The normalized spacial score (nSPS) is 11.3. The second kappa shape index (κ2) is 9.97. The average Bonchev–Trinajstić information content (AvgIpc) is 2.78. The zero-order valence-corrected chi connectivity index (χ0v) is 18.4. The molecule has 3 aromatic carbocycles. The van der Waals surface area contributed by atoms with E-state index in [9.17, 15) is 18.3 Å². The van der Waals surface area contributed by atoms with Crippen LogP contribution >= 0.6 is 0 Å². The number of ether oxygens (including phenoxy) is 1. The highest BCUT2D eigenvalue weighted by molar-refractivity contribution is 7.92. The zero-order valence-electron chi connectivity index (χ0n) is 17.6. The minimum Gasteiger partial charge on any atom is -0.504 e. The lowest BCUT2D eigenvalue weighted by Crippen LogP contribution is -2.32. The maximum atomic E-state index is 12.8. The number of aromatic hydroxyl groups is 1. The number of nitrogens with zero attached hydrogens (tertiary/aromatic N) is 2. The number of sulfonamides is 1. The van der Waals surface area contributed by atoms with E-state index in [1.807, 2.05) is 30.3 Å². The third-order valence-corrected chi connectivity index (χ3v) is 5.73. The molecule has 0 unspecified atom stereocenters. The third kappa shape index (κ3) is 5.44. The number of hydrogen-bond acceptors (Lipinski definition) is 6. The van der Waals surface area contributed by atoms with Gasteiger partial charge in [-0.25, -0.2) is 13.8 Å². The number of anilines is 1. The smallest absolute Gasteiger partial charge is 0.273 e. The molecule has 1 amide bonds. The van der Waals surface area contributed by atoms with E-state index in [0.29, 0.717) is 5.56 Å². The summed E-state index contributed by atoms with van der Waals surface area (Å²) in [5, 5.41) is 14.0. The van der Waals surface area contributed by atoms with Crippen molar-refractivity contribution in [3.63, 3.8) is 0 Å². The van der Waals surface area contributed by atoms with E-state index in [2.05, 4.69) is 10.5 Å². The molecule has 166 valence electrons. The molecule has 32 heavy (non-hydrogen) atoms. The molecule has 0 heterocycles. The van der Waals surface area contributed by atoms with Crippen molar-refractivity contribution in [3.05, 3.63) is 89.5 Å². The first kappa shape index (κ1) is 22.8. The summed E-state index contributed by atoms with van der Waals surface area (Å²) in [6, 6.07) is 20.3. The van der Waals surface area contributed by atoms with Crippen molar-refractivity contribution in [1.82, 2.24) is 5.43 Å². The van der Waals surface area contributed by atoms with E-state index in [1.54, 1.807) is 36.4 Å². The number of methoxy groups -OCH3 is 1. The highest BCUT2D eigenvalue weighted by Crippen LogP contribution is 2.28. The van der Waals surface area contributed by atoms with Crippen LogP contribution in [0.5, 0.6) is 11.5 Å². The van der Waals surface area contributed by atoms with Gasteiger partial charge in [0.25, 0.3) is 5.91 Å². The van der Waals surface area contributed by atoms with Gasteiger partial charge in [-0.05, 0) is 29.8 Å². The van der Waals surface area contributed by atoms with E-state index >= 15 is 0 Å². The fourth-order valence-electron chi connectivity index (χ4n) is 3.04. The van der Waals surface area contributed by atoms with Gasteiger partial charge in [0.2, 0.25) is 10.0 Å². The van der Waals surface area contributed by atoms with Gasteiger partial charge < -0.3 is 9.84 Å². The Morgan fingerprint density at radius 2 is 1.75 bits per heavy atom. The van der Waals surface area contributed by atoms with Crippen molar-refractivity contribution in [3.8, 4) is 11.5 Å². The fourth-order valence-corrected chi connectivity index (χ4v) is 3.94. The van der Waals surface area contributed by atoms with Crippen molar-refractivity contribution in [2.75, 3.05) is 17.7 Å². The number of rotatable bonds is 8. The van der Waals surface area contributed by atoms with Crippen molar-refractivity contribution in [1.29, 1.82) is 0 Å². The van der Waals surface area contributed by atoms with Crippen LogP contribution in [-0.2, 0) is 16.6 Å². The number of phenols is 1. The van der Waals surface area contributed by atoms with Gasteiger partial charge >= 0.3 is 0 Å². The Balaban J connectivity index is 1.87. The third-order valence-electron chi connectivity index (χ3n) is 4.61. The molecule has 0 bridgehead atoms. The molecule has 0 radical (unpaired) electrons. The summed E-state index contributed by atoms with van der Waals surface area (Å²) in [5.41, 5.74) is 3.88. The van der Waals surface area contributed by atoms with Crippen molar-refractivity contribution < 1.29 is 23.1 Å². The molecule has 0 aliphatic carbocycles. The van der Waals surface area contributed by atoms with Gasteiger partial charge in [0.15, 0.2) is 11.5 Å². The van der Waals surface area contributed by atoms with E-state index in [1.165, 1.54) is 23.7 Å². The summed E-state index contributed by atoms with van der Waals surface area (Å²) >= 11 is 0. The molecular weight excluding hydrogens is 430 g/mol. The lowest BCUT2D eigenvalue weighted by Gasteiger charge is -2.24. The molecule has 0 fully saturated rings. The maximum Gasteiger partial charge on any atom is 0.273 e. The number of carbonyl (C=O) groups excluding carboxylic acids is 1. The second-order valence-electron chi connectivity index (χ2n) is 6.87. The first-order chi connectivity index (χ1) is 15.3. The van der Waals surface area contributed by atoms with Crippen LogP contribution in [0.25, 0.3) is 0 Å². The molecule has 9 heteroatoms. The maximum absolute atomic E-state index is 12.8. The van der Waals surface area contributed by atoms with Crippen LogP contribution in [0, 0.1) is 0 Å². The summed E-state index contributed by atoms with van der Waals surface area (Å²) in [6.07, 6.45) is 2.37. The second-order valence-corrected chi connectivity index (χ2v) is 8.78. The Labute approximate surface area is 186 Å². The van der Waals surface area contributed by atoms with Crippen molar-refractivity contribution in [2.24, 2.45) is 5.10 Å². The summed E-state index contributed by atoms with van der Waals surface area (Å²) in [6.45, 7) is 0.0743. The number of hydrazone groups is 1. The van der Waals surface area contributed by atoms with Crippen molar-refractivity contribution in [2.45, 2.75) is 6.54 Å². The van der Waals surface area contributed by atoms with E-state index in [-0.39, 0.29) is 29.3 Å². The zero-order chi connectivity index (χ0) is 23.1. The van der Waals surface area contributed by atoms with Gasteiger partial charge in [0, 0.05) is 5.56 Å². The lowest BCUT2D eigenvalue weighted by molar-refractivity contribution is 0.0955. The summed E-state index contributed by atoms with van der Waals surface area (Å²) in [5.74, 6) is -0.434. The fraction of sp³-hybridized carbons (Fsp3) is 0.130. The van der Waals surface area contributed by atoms with E-state index in [0.717, 1.165) is 11.8 Å². The molecule has 0 saturated carbocycles. The lowest BCUT2D eigenvalue weighted by atomic mass is 10.1. The summed E-state index contributed by atoms with van der Waals surface area (Å²) in [4.78, 5) is 12.8. The Morgan fingerprint density at radius 1 is 1.06 bits per heavy atom. The van der Waals surface area contributed by atoms with Crippen LogP contribution in [0.3, 0.4) is 0 Å². The number of phenolic OH excluding ortho intramolecular Hbond substituents is 1. The van der Waals surface area contributed by atoms with Gasteiger partial charge in [-0.1, -0.05) is 48.5 Å². The quantitative estimate of drug-likeness (QED) is 0.402. The highest BCUT2D eigenvalue weighted by atomic mass is 32.2. The molecule has 3 aromatic rings. The Morgan fingerprint density at radius 3 is 2.44 bits per heavy atom. The summed E-state index contributed by atoms with van der Waals surface area (Å²) < 4.78 is 31.3. The Hall–Kier alpha value is -3.85. The molecule has 8 nitrogen and oxygen atoms in total. The monoisotopic (exact) mass is 453 g/mol. The van der Waals surface area contributed by atoms with Crippen LogP contribution in [0.2, 0.25) is 0 Å². The van der Waals surface area contributed by atoms with E-state index < -0.39 is 15.9 Å². The first-order valence-electron chi connectivity index (χ1n) is 9.61. The molecule has 2 N–H and O–H groups in total. The molecule has 0 aliphatic heterocycles. The molecule has 0 aromatic heterocycles. The number of benzene rings is 3. The standard InChI is InChI=1S/C23H23N3O5S/c1-31-21-14-8-11-18(22(21)27)15-24-25-23(28)19-12-6-7-13-20(19)26(32(2,29)30)16-17-9-4-3-5-10-17/h3-15,27H,16H2,1-2H3,(H,25,28)/b24-15+. The molecule has 3 rings (SSSR count). The Bertz CT molecular complexity index is 1230. The minimum atomic E-state index is -3.68. The number of nitrogens with one attached hydrogen (secondary N) is 1. The Kier molecular flexibility index (Phi) is 7.11. The van der Waals surface area contributed by atoms with E-state index in [4.69, 9.17) is 4.74 Å². The van der Waals surface area contributed by atoms with Gasteiger partial charge in [0.1, 0.15) is 0 Å². The van der Waals surface area contributed by atoms with Crippen molar-refractivity contribution >= 4 is 27.8 Å².